The SMILES string of the molecule is c1ccc(-c2ccc(-c3cccc(-c4cccc(-c5cc(-c6ccccc6)cc(-c6ccnc(-c7ccccc7)n6)c5)c4)c3)cc2)cc1. The molecule has 0 N–H and O–H groups in total. The first kappa shape index (κ1) is 29.1. The maximum atomic E-state index is 5.00. The van der Waals surface area contributed by atoms with Crippen molar-refractivity contribution in [3.8, 4) is 78.3 Å². The Balaban J connectivity index is 1.16. The second-order valence-corrected chi connectivity index (χ2v) is 11.9. The summed E-state index contributed by atoms with van der Waals surface area (Å²) < 4.78 is 0. The van der Waals surface area contributed by atoms with Crippen molar-refractivity contribution in [1.82, 2.24) is 9.97 Å². The van der Waals surface area contributed by atoms with Crippen LogP contribution in [0.5, 0.6) is 0 Å². The lowest BCUT2D eigenvalue weighted by atomic mass is 9.92. The van der Waals surface area contributed by atoms with Crippen LogP contribution in [0.4, 0.5) is 0 Å². The van der Waals surface area contributed by atoms with Crippen molar-refractivity contribution in [3.05, 3.63) is 194 Å². The van der Waals surface area contributed by atoms with Crippen LogP contribution in [0.1, 0.15) is 0 Å². The van der Waals surface area contributed by atoms with Crippen molar-refractivity contribution in [2.24, 2.45) is 0 Å². The summed E-state index contributed by atoms with van der Waals surface area (Å²) in [6, 6.07) is 66.4. The highest BCUT2D eigenvalue weighted by molar-refractivity contribution is 5.83. The normalized spacial score (nSPS) is 10.9. The molecule has 1 aromatic heterocycles. The van der Waals surface area contributed by atoms with Crippen molar-refractivity contribution in [2.45, 2.75) is 0 Å². The molecular formula is C46H32N2. The fourth-order valence-electron chi connectivity index (χ4n) is 6.23. The van der Waals surface area contributed by atoms with Crippen LogP contribution in [0.2, 0.25) is 0 Å². The summed E-state index contributed by atoms with van der Waals surface area (Å²) in [5, 5.41) is 0. The van der Waals surface area contributed by atoms with Gasteiger partial charge in [-0.2, -0.15) is 0 Å². The van der Waals surface area contributed by atoms with E-state index < -0.39 is 0 Å². The van der Waals surface area contributed by atoms with Crippen molar-refractivity contribution in [3.63, 3.8) is 0 Å². The van der Waals surface area contributed by atoms with E-state index in [1.807, 2.05) is 42.6 Å². The molecule has 0 unspecified atom stereocenters. The molecule has 0 spiro atoms. The van der Waals surface area contributed by atoms with Gasteiger partial charge in [0.05, 0.1) is 5.69 Å². The minimum atomic E-state index is 0.719. The van der Waals surface area contributed by atoms with Crippen molar-refractivity contribution < 1.29 is 0 Å². The average molecular weight is 613 g/mol. The molecule has 2 nitrogen and oxygen atoms in total. The number of rotatable bonds is 7. The van der Waals surface area contributed by atoms with Crippen LogP contribution in [0.15, 0.2) is 194 Å². The average Bonchev–Trinajstić information content (AvgIpc) is 3.19. The van der Waals surface area contributed by atoms with Gasteiger partial charge in [0.2, 0.25) is 0 Å². The van der Waals surface area contributed by atoms with Crippen molar-refractivity contribution >= 4 is 0 Å². The molecular weight excluding hydrogens is 581 g/mol. The van der Waals surface area contributed by atoms with Crippen LogP contribution < -0.4 is 0 Å². The lowest BCUT2D eigenvalue weighted by molar-refractivity contribution is 1.18. The fraction of sp³-hybridized carbons (Fsp3) is 0. The molecule has 7 aromatic carbocycles. The zero-order valence-electron chi connectivity index (χ0n) is 26.4. The molecule has 2 heteroatoms. The molecule has 0 bridgehead atoms. The van der Waals surface area contributed by atoms with Crippen LogP contribution in [-0.2, 0) is 0 Å². The molecule has 8 rings (SSSR count). The molecule has 1 heterocycles. The van der Waals surface area contributed by atoms with Gasteiger partial charge in [-0.15, -0.1) is 0 Å². The van der Waals surface area contributed by atoms with Crippen LogP contribution >= 0.6 is 0 Å². The van der Waals surface area contributed by atoms with Crippen LogP contribution in [-0.4, -0.2) is 9.97 Å². The zero-order chi connectivity index (χ0) is 32.1. The number of aromatic nitrogens is 2. The van der Waals surface area contributed by atoms with Gasteiger partial charge in [-0.3, -0.25) is 0 Å². The summed E-state index contributed by atoms with van der Waals surface area (Å²) in [5.74, 6) is 0.719. The van der Waals surface area contributed by atoms with Gasteiger partial charge in [0.25, 0.3) is 0 Å². The first-order chi connectivity index (χ1) is 23.8. The third-order valence-electron chi connectivity index (χ3n) is 8.74. The third kappa shape index (κ3) is 6.20. The molecule has 0 radical (unpaired) electrons. The van der Waals surface area contributed by atoms with Crippen molar-refractivity contribution in [2.75, 3.05) is 0 Å². The second kappa shape index (κ2) is 13.2. The number of hydrogen-bond donors (Lipinski definition) is 0. The standard InChI is InChI=1S/C46H32N2/c1-4-12-33(13-5-1)35-22-24-36(25-23-35)38-18-10-19-39(28-38)40-20-11-21-41(29-40)43-30-42(34-14-6-2-7-15-34)31-44(32-43)45-26-27-47-46(48-45)37-16-8-3-9-17-37/h1-32H. The molecule has 0 aliphatic carbocycles. The third-order valence-corrected chi connectivity index (χ3v) is 8.74. The van der Waals surface area contributed by atoms with E-state index in [4.69, 9.17) is 4.98 Å². The maximum absolute atomic E-state index is 5.00. The maximum Gasteiger partial charge on any atom is 0.159 e. The summed E-state index contributed by atoms with van der Waals surface area (Å²) in [6.07, 6.45) is 1.85. The number of hydrogen-bond acceptors (Lipinski definition) is 2. The Hall–Kier alpha value is -6.38. The van der Waals surface area contributed by atoms with Crippen LogP contribution in [0.3, 0.4) is 0 Å². The monoisotopic (exact) mass is 612 g/mol. The summed E-state index contributed by atoms with van der Waals surface area (Å²) >= 11 is 0. The van der Waals surface area contributed by atoms with E-state index in [0.717, 1.165) is 39.3 Å². The predicted molar refractivity (Wildman–Crippen MR) is 200 cm³/mol. The summed E-state index contributed by atoms with van der Waals surface area (Å²) in [7, 11) is 0. The van der Waals surface area contributed by atoms with Gasteiger partial charge >= 0.3 is 0 Å². The topological polar surface area (TPSA) is 25.8 Å². The van der Waals surface area contributed by atoms with Gasteiger partial charge in [-0.25, -0.2) is 9.97 Å². The minimum Gasteiger partial charge on any atom is -0.237 e. The molecule has 0 aliphatic heterocycles. The van der Waals surface area contributed by atoms with Gasteiger partial charge in [0, 0.05) is 17.3 Å². The predicted octanol–water partition coefficient (Wildman–Crippen LogP) is 12.1. The van der Waals surface area contributed by atoms with E-state index in [1.165, 1.54) is 38.9 Å². The van der Waals surface area contributed by atoms with Gasteiger partial charge in [0.1, 0.15) is 0 Å². The molecule has 8 aromatic rings. The van der Waals surface area contributed by atoms with Gasteiger partial charge in [-0.1, -0.05) is 152 Å². The molecule has 0 amide bonds. The molecule has 0 fully saturated rings. The first-order valence-electron chi connectivity index (χ1n) is 16.2. The summed E-state index contributed by atoms with van der Waals surface area (Å²) in [4.78, 5) is 9.58. The molecule has 0 saturated heterocycles. The highest BCUT2D eigenvalue weighted by Crippen LogP contribution is 2.35. The zero-order valence-corrected chi connectivity index (χ0v) is 26.4. The highest BCUT2D eigenvalue weighted by Gasteiger charge is 2.11. The smallest absolute Gasteiger partial charge is 0.159 e. The molecule has 226 valence electrons. The van der Waals surface area contributed by atoms with E-state index in [0.29, 0.717) is 0 Å². The molecule has 0 atom stereocenters. The molecule has 0 saturated carbocycles. The molecule has 48 heavy (non-hydrogen) atoms. The van der Waals surface area contributed by atoms with E-state index in [2.05, 4.69) is 157 Å². The Labute approximate surface area is 281 Å². The quantitative estimate of drug-likeness (QED) is 0.179. The van der Waals surface area contributed by atoms with Crippen molar-refractivity contribution in [1.29, 1.82) is 0 Å². The Bertz CT molecular complexity index is 2310. The van der Waals surface area contributed by atoms with Crippen LogP contribution in [0.25, 0.3) is 78.3 Å². The fourth-order valence-corrected chi connectivity index (χ4v) is 6.23. The largest absolute Gasteiger partial charge is 0.237 e. The lowest BCUT2D eigenvalue weighted by Crippen LogP contribution is -1.93. The summed E-state index contributed by atoms with van der Waals surface area (Å²) in [6.45, 7) is 0. The number of benzene rings is 7. The van der Waals surface area contributed by atoms with Gasteiger partial charge < -0.3 is 0 Å². The highest BCUT2D eigenvalue weighted by atomic mass is 14.9. The van der Waals surface area contributed by atoms with Gasteiger partial charge in [-0.05, 0) is 92.0 Å². The van der Waals surface area contributed by atoms with Gasteiger partial charge in [0.15, 0.2) is 5.82 Å². The van der Waals surface area contributed by atoms with E-state index in [1.54, 1.807) is 0 Å². The Kier molecular flexibility index (Phi) is 7.96. The Morgan fingerprint density at radius 2 is 0.604 bits per heavy atom. The summed E-state index contributed by atoms with van der Waals surface area (Å²) in [5.41, 5.74) is 14.8. The van der Waals surface area contributed by atoms with Crippen LogP contribution in [0, 0.1) is 0 Å². The Morgan fingerprint density at radius 1 is 0.250 bits per heavy atom. The van der Waals surface area contributed by atoms with E-state index >= 15 is 0 Å². The first-order valence-corrected chi connectivity index (χ1v) is 16.2. The lowest BCUT2D eigenvalue weighted by Gasteiger charge is -2.13. The van der Waals surface area contributed by atoms with E-state index in [9.17, 15) is 0 Å². The minimum absolute atomic E-state index is 0.719. The number of nitrogens with zero attached hydrogens (tertiary/aromatic N) is 2. The van der Waals surface area contributed by atoms with E-state index in [-0.39, 0.29) is 0 Å². The second-order valence-electron chi connectivity index (χ2n) is 11.9. The molecule has 0 aliphatic rings. The Morgan fingerprint density at radius 3 is 1.17 bits per heavy atom.